The standard InChI is InChI=1S/C53H40N2/c1-53(2)47-30-13-14-31-49(47)55(50-33-17-29-44(51(50)53)38-18-5-3-6-19-38)52-45-28-12-10-21-39(45)34-35-46(52)40-23-15-26-42(36-40)54(41-24-7-4-8-25-41)48-32-16-22-37-20-9-11-27-43(37)48/h3-36H,1-2H3. The molecule has 9 aromatic carbocycles. The number of hydrogen-bond donors (Lipinski definition) is 0. The Kier molecular flexibility index (Phi) is 7.85. The number of rotatable bonds is 6. The molecule has 0 amide bonds. The first-order valence-electron chi connectivity index (χ1n) is 19.1. The summed E-state index contributed by atoms with van der Waals surface area (Å²) in [4.78, 5) is 4.94. The quantitative estimate of drug-likeness (QED) is 0.170. The number of benzene rings is 9. The lowest BCUT2D eigenvalue weighted by atomic mass is 9.70. The molecule has 0 aromatic heterocycles. The smallest absolute Gasteiger partial charge is 0.0618 e. The van der Waals surface area contributed by atoms with Crippen LogP contribution >= 0.6 is 0 Å². The molecule has 0 atom stereocenters. The largest absolute Gasteiger partial charge is 0.310 e. The third-order valence-electron chi connectivity index (χ3n) is 11.4. The van der Waals surface area contributed by atoms with Gasteiger partial charge in [-0.05, 0) is 81.1 Å². The topological polar surface area (TPSA) is 6.48 Å². The maximum absolute atomic E-state index is 2.55. The highest BCUT2D eigenvalue weighted by Gasteiger charge is 2.39. The van der Waals surface area contributed by atoms with Crippen LogP contribution in [0.3, 0.4) is 0 Å². The number of para-hydroxylation sites is 2. The van der Waals surface area contributed by atoms with E-state index in [2.05, 4.69) is 230 Å². The molecule has 0 bridgehead atoms. The van der Waals surface area contributed by atoms with E-state index >= 15 is 0 Å². The molecule has 0 saturated carbocycles. The van der Waals surface area contributed by atoms with Crippen molar-refractivity contribution in [2.75, 3.05) is 9.80 Å². The molecule has 0 spiro atoms. The summed E-state index contributed by atoms with van der Waals surface area (Å²) in [5.74, 6) is 0. The van der Waals surface area contributed by atoms with Crippen LogP contribution in [0.5, 0.6) is 0 Å². The van der Waals surface area contributed by atoms with E-state index in [9.17, 15) is 0 Å². The predicted molar refractivity (Wildman–Crippen MR) is 234 cm³/mol. The van der Waals surface area contributed by atoms with Crippen molar-refractivity contribution >= 4 is 55.7 Å². The first kappa shape index (κ1) is 32.7. The van der Waals surface area contributed by atoms with E-state index < -0.39 is 0 Å². The highest BCUT2D eigenvalue weighted by Crippen LogP contribution is 2.57. The Bertz CT molecular complexity index is 2850. The number of hydrogen-bond acceptors (Lipinski definition) is 2. The van der Waals surface area contributed by atoms with Crippen LogP contribution in [0.15, 0.2) is 206 Å². The fraction of sp³-hybridized carbons (Fsp3) is 0.0566. The minimum atomic E-state index is -0.242. The van der Waals surface area contributed by atoms with Crippen molar-refractivity contribution in [1.29, 1.82) is 0 Å². The Morgan fingerprint density at radius 2 is 1.00 bits per heavy atom. The fourth-order valence-electron chi connectivity index (χ4n) is 8.89. The molecule has 0 saturated heterocycles. The Balaban J connectivity index is 1.24. The summed E-state index contributed by atoms with van der Waals surface area (Å²) in [7, 11) is 0. The summed E-state index contributed by atoms with van der Waals surface area (Å²) in [6.07, 6.45) is 0. The van der Waals surface area contributed by atoms with Gasteiger partial charge in [0.25, 0.3) is 0 Å². The van der Waals surface area contributed by atoms with Gasteiger partial charge in [-0.1, -0.05) is 178 Å². The maximum Gasteiger partial charge on any atom is 0.0618 e. The van der Waals surface area contributed by atoms with Crippen molar-refractivity contribution < 1.29 is 0 Å². The summed E-state index contributed by atoms with van der Waals surface area (Å²) in [5, 5.41) is 4.85. The van der Waals surface area contributed by atoms with Crippen molar-refractivity contribution in [2.45, 2.75) is 19.3 Å². The van der Waals surface area contributed by atoms with Crippen molar-refractivity contribution in [3.05, 3.63) is 217 Å². The zero-order valence-electron chi connectivity index (χ0n) is 31.0. The molecule has 2 heteroatoms. The number of anilines is 6. The number of fused-ring (bicyclic) bond motifs is 4. The highest BCUT2D eigenvalue weighted by molar-refractivity contribution is 6.08. The van der Waals surface area contributed by atoms with E-state index in [1.807, 2.05) is 0 Å². The van der Waals surface area contributed by atoms with Crippen LogP contribution < -0.4 is 9.80 Å². The van der Waals surface area contributed by atoms with E-state index in [4.69, 9.17) is 0 Å². The summed E-state index contributed by atoms with van der Waals surface area (Å²) in [6, 6.07) is 75.2. The molecule has 10 rings (SSSR count). The monoisotopic (exact) mass is 704 g/mol. The maximum atomic E-state index is 2.55. The summed E-state index contributed by atoms with van der Waals surface area (Å²) >= 11 is 0. The molecule has 0 radical (unpaired) electrons. The second-order valence-corrected chi connectivity index (χ2v) is 14.9. The van der Waals surface area contributed by atoms with Crippen LogP contribution in [0.4, 0.5) is 34.1 Å². The molecule has 262 valence electrons. The second-order valence-electron chi connectivity index (χ2n) is 14.9. The third kappa shape index (κ3) is 5.41. The van der Waals surface area contributed by atoms with Crippen LogP contribution in [-0.4, -0.2) is 0 Å². The predicted octanol–water partition coefficient (Wildman–Crippen LogP) is 14.9. The lowest BCUT2D eigenvalue weighted by Gasteiger charge is -2.44. The molecule has 9 aromatic rings. The molecule has 2 nitrogen and oxygen atoms in total. The van der Waals surface area contributed by atoms with Crippen molar-refractivity contribution in [2.24, 2.45) is 0 Å². The van der Waals surface area contributed by atoms with Crippen molar-refractivity contribution in [3.8, 4) is 22.3 Å². The Hall–Kier alpha value is -6.90. The lowest BCUT2D eigenvalue weighted by Crippen LogP contribution is -2.31. The summed E-state index contributed by atoms with van der Waals surface area (Å²) in [6.45, 7) is 4.76. The van der Waals surface area contributed by atoms with Crippen LogP contribution in [0.2, 0.25) is 0 Å². The van der Waals surface area contributed by atoms with Gasteiger partial charge >= 0.3 is 0 Å². The zero-order valence-corrected chi connectivity index (χ0v) is 31.0. The van der Waals surface area contributed by atoms with Crippen LogP contribution in [-0.2, 0) is 5.41 Å². The second kappa shape index (κ2) is 13.2. The average Bonchev–Trinajstić information content (AvgIpc) is 3.24. The van der Waals surface area contributed by atoms with E-state index in [0.29, 0.717) is 0 Å². The molecule has 0 aliphatic carbocycles. The first-order chi connectivity index (χ1) is 27.1. The first-order valence-corrected chi connectivity index (χ1v) is 19.1. The van der Waals surface area contributed by atoms with Crippen molar-refractivity contribution in [1.82, 2.24) is 0 Å². The van der Waals surface area contributed by atoms with Crippen LogP contribution in [0.25, 0.3) is 43.8 Å². The van der Waals surface area contributed by atoms with Gasteiger partial charge in [0.2, 0.25) is 0 Å². The molecule has 0 fully saturated rings. The van der Waals surface area contributed by atoms with E-state index in [-0.39, 0.29) is 5.41 Å². The van der Waals surface area contributed by atoms with Gasteiger partial charge in [-0.3, -0.25) is 0 Å². The third-order valence-corrected chi connectivity index (χ3v) is 11.4. The van der Waals surface area contributed by atoms with E-state index in [0.717, 1.165) is 22.6 Å². The van der Waals surface area contributed by atoms with Gasteiger partial charge in [-0.15, -0.1) is 0 Å². The Labute approximate surface area is 323 Å². The normalized spacial score (nSPS) is 13.0. The van der Waals surface area contributed by atoms with E-state index in [1.165, 1.54) is 66.4 Å². The highest BCUT2D eigenvalue weighted by atomic mass is 15.2. The average molecular weight is 705 g/mol. The van der Waals surface area contributed by atoms with Gasteiger partial charge in [0.1, 0.15) is 0 Å². The van der Waals surface area contributed by atoms with Crippen molar-refractivity contribution in [3.63, 3.8) is 0 Å². The zero-order chi connectivity index (χ0) is 36.9. The fourth-order valence-corrected chi connectivity index (χ4v) is 8.89. The minimum Gasteiger partial charge on any atom is -0.310 e. The Morgan fingerprint density at radius 3 is 1.82 bits per heavy atom. The molecule has 1 heterocycles. The molecule has 1 aliphatic rings. The molecular weight excluding hydrogens is 665 g/mol. The number of nitrogens with zero attached hydrogens (tertiary/aromatic N) is 2. The van der Waals surface area contributed by atoms with Crippen LogP contribution in [0.1, 0.15) is 25.0 Å². The molecule has 1 aliphatic heterocycles. The molecular formula is C53H40N2. The molecule has 55 heavy (non-hydrogen) atoms. The van der Waals surface area contributed by atoms with Gasteiger partial charge in [0, 0.05) is 33.1 Å². The lowest BCUT2D eigenvalue weighted by molar-refractivity contribution is 0.634. The van der Waals surface area contributed by atoms with Gasteiger partial charge < -0.3 is 9.80 Å². The van der Waals surface area contributed by atoms with Gasteiger partial charge in [0.15, 0.2) is 0 Å². The minimum absolute atomic E-state index is 0.242. The SMILES string of the molecule is CC1(C)c2ccccc2N(c2c(-c3cccc(N(c4ccccc4)c4cccc5ccccc45)c3)ccc3ccccc23)c2cccc(-c3ccccc3)c21. The summed E-state index contributed by atoms with van der Waals surface area (Å²) < 4.78 is 0. The Morgan fingerprint density at radius 1 is 0.418 bits per heavy atom. The van der Waals surface area contributed by atoms with Gasteiger partial charge in [-0.2, -0.15) is 0 Å². The van der Waals surface area contributed by atoms with Gasteiger partial charge in [0.05, 0.1) is 22.7 Å². The van der Waals surface area contributed by atoms with E-state index in [1.54, 1.807) is 0 Å². The molecule has 0 unspecified atom stereocenters. The van der Waals surface area contributed by atoms with Crippen LogP contribution in [0, 0.1) is 0 Å². The summed E-state index contributed by atoms with van der Waals surface area (Å²) in [5.41, 5.74) is 14.2. The van der Waals surface area contributed by atoms with Gasteiger partial charge in [-0.25, -0.2) is 0 Å². The molecule has 0 N–H and O–H groups in total.